The van der Waals surface area contributed by atoms with Crippen molar-refractivity contribution in [3.05, 3.63) is 44.8 Å². The second-order valence-electron chi connectivity index (χ2n) is 6.18. The fourth-order valence-corrected chi connectivity index (χ4v) is 4.84. The number of hydrogen-bond donors (Lipinski definition) is 1. The summed E-state index contributed by atoms with van der Waals surface area (Å²) in [6.07, 6.45) is 2.38. The molecular weight excluding hydrogens is 387 g/mol. The molecule has 136 valence electrons. The van der Waals surface area contributed by atoms with Gasteiger partial charge in [0.2, 0.25) is 10.0 Å². The van der Waals surface area contributed by atoms with Crippen molar-refractivity contribution in [1.82, 2.24) is 9.21 Å². The molecule has 2 heterocycles. The molecule has 1 aromatic rings. The number of halogens is 2. The van der Waals surface area contributed by atoms with Crippen molar-refractivity contribution in [2.24, 2.45) is 0 Å². The molecule has 0 saturated carbocycles. The average molecular weight is 405 g/mol. The zero-order chi connectivity index (χ0) is 18.2. The maximum Gasteiger partial charge on any atom is 0.407 e. The van der Waals surface area contributed by atoms with Gasteiger partial charge in [-0.1, -0.05) is 23.2 Å². The number of nitrogens with zero attached hydrogens (tertiary/aromatic N) is 2. The van der Waals surface area contributed by atoms with Gasteiger partial charge in [-0.15, -0.1) is 0 Å². The largest absolute Gasteiger partial charge is 0.465 e. The van der Waals surface area contributed by atoms with Crippen LogP contribution in [0.2, 0.25) is 10.0 Å². The Bertz CT molecular complexity index is 826. The summed E-state index contributed by atoms with van der Waals surface area (Å²) < 4.78 is 26.6. The summed E-state index contributed by atoms with van der Waals surface area (Å²) in [4.78, 5) is 12.4. The molecule has 1 aromatic carbocycles. The summed E-state index contributed by atoms with van der Waals surface area (Å²) in [6.45, 7) is 1.01. The maximum atomic E-state index is 12.6. The number of carboxylic acid groups (broad SMARTS) is 1. The zero-order valence-corrected chi connectivity index (χ0v) is 15.7. The molecule has 6 nitrogen and oxygen atoms in total. The van der Waals surface area contributed by atoms with Gasteiger partial charge in [0.05, 0.1) is 16.1 Å². The topological polar surface area (TPSA) is 77.9 Å². The van der Waals surface area contributed by atoms with Gasteiger partial charge in [0.25, 0.3) is 0 Å². The van der Waals surface area contributed by atoms with E-state index in [2.05, 4.69) is 0 Å². The molecule has 1 N–H and O–H groups in total. The third-order valence-corrected chi connectivity index (χ3v) is 6.85. The molecule has 2 aliphatic rings. The molecule has 1 unspecified atom stereocenters. The summed E-state index contributed by atoms with van der Waals surface area (Å²) >= 11 is 12.0. The van der Waals surface area contributed by atoms with E-state index in [4.69, 9.17) is 28.3 Å². The van der Waals surface area contributed by atoms with Crippen LogP contribution < -0.4 is 0 Å². The predicted molar refractivity (Wildman–Crippen MR) is 96.4 cm³/mol. The van der Waals surface area contributed by atoms with Gasteiger partial charge in [-0.05, 0) is 48.6 Å². The lowest BCUT2D eigenvalue weighted by Crippen LogP contribution is -2.36. The summed E-state index contributed by atoms with van der Waals surface area (Å²) in [5.41, 5.74) is 1.84. The smallest absolute Gasteiger partial charge is 0.407 e. The fourth-order valence-electron chi connectivity index (χ4n) is 3.25. The Morgan fingerprint density at radius 2 is 1.88 bits per heavy atom. The third kappa shape index (κ3) is 3.95. The van der Waals surface area contributed by atoms with E-state index in [1.54, 1.807) is 12.1 Å². The predicted octanol–water partition coefficient (Wildman–Crippen LogP) is 3.34. The van der Waals surface area contributed by atoms with Crippen LogP contribution in [0.3, 0.4) is 0 Å². The van der Waals surface area contributed by atoms with Crippen molar-refractivity contribution in [2.75, 3.05) is 13.1 Å². The second kappa shape index (κ2) is 7.15. The first-order valence-electron chi connectivity index (χ1n) is 7.92. The summed E-state index contributed by atoms with van der Waals surface area (Å²) in [5.74, 6) is 0. The molecule has 0 bridgehead atoms. The van der Waals surface area contributed by atoms with E-state index < -0.39 is 22.2 Å². The minimum absolute atomic E-state index is 0.228. The van der Waals surface area contributed by atoms with Crippen LogP contribution in [0.1, 0.15) is 24.0 Å². The minimum Gasteiger partial charge on any atom is -0.465 e. The Kier molecular flexibility index (Phi) is 5.29. The molecule has 25 heavy (non-hydrogen) atoms. The Morgan fingerprint density at radius 3 is 2.56 bits per heavy atom. The highest BCUT2D eigenvalue weighted by Gasteiger charge is 2.29. The van der Waals surface area contributed by atoms with Crippen LogP contribution >= 0.6 is 23.2 Å². The standard InChI is InChI=1S/C16H18Cl2N2O4S/c17-14-8-11-3-6-19(10-12(11)9-15(14)18)25(23,24)7-4-13-2-1-5-20(13)16(21)22/h4,7-9,13H,1-3,5-6,10H2,(H,21,22)/b7-4-. The minimum atomic E-state index is -3.63. The van der Waals surface area contributed by atoms with E-state index >= 15 is 0 Å². The molecule has 3 rings (SSSR count). The van der Waals surface area contributed by atoms with Crippen molar-refractivity contribution < 1.29 is 18.3 Å². The lowest BCUT2D eigenvalue weighted by molar-refractivity contribution is 0.147. The highest BCUT2D eigenvalue weighted by atomic mass is 35.5. The molecule has 1 amide bonds. The lowest BCUT2D eigenvalue weighted by Gasteiger charge is -2.27. The quantitative estimate of drug-likeness (QED) is 0.837. The van der Waals surface area contributed by atoms with Crippen LogP contribution in [0, 0.1) is 0 Å². The molecule has 2 aliphatic heterocycles. The lowest BCUT2D eigenvalue weighted by atomic mass is 10.0. The van der Waals surface area contributed by atoms with E-state index in [0.717, 1.165) is 23.0 Å². The Labute approximate surface area is 156 Å². The highest BCUT2D eigenvalue weighted by Crippen LogP contribution is 2.30. The van der Waals surface area contributed by atoms with Crippen LogP contribution in [-0.2, 0) is 23.0 Å². The van der Waals surface area contributed by atoms with Gasteiger partial charge < -0.3 is 10.0 Å². The van der Waals surface area contributed by atoms with Gasteiger partial charge in [0.1, 0.15) is 0 Å². The van der Waals surface area contributed by atoms with Gasteiger partial charge in [-0.2, -0.15) is 4.31 Å². The summed E-state index contributed by atoms with van der Waals surface area (Å²) in [6, 6.07) is 3.09. The van der Waals surface area contributed by atoms with E-state index in [0.29, 0.717) is 36.0 Å². The number of carbonyl (C=O) groups is 1. The van der Waals surface area contributed by atoms with Crippen LogP contribution in [0.15, 0.2) is 23.6 Å². The maximum absolute atomic E-state index is 12.6. The number of benzene rings is 1. The molecule has 1 fully saturated rings. The Balaban J connectivity index is 1.76. The summed E-state index contributed by atoms with van der Waals surface area (Å²) in [7, 11) is -3.63. The van der Waals surface area contributed by atoms with E-state index in [1.165, 1.54) is 15.3 Å². The molecule has 9 heteroatoms. The molecule has 1 atom stereocenters. The van der Waals surface area contributed by atoms with Crippen LogP contribution in [0.5, 0.6) is 0 Å². The average Bonchev–Trinajstić information content (AvgIpc) is 3.02. The van der Waals surface area contributed by atoms with Crippen molar-refractivity contribution in [2.45, 2.75) is 31.8 Å². The third-order valence-electron chi connectivity index (χ3n) is 4.60. The fraction of sp³-hybridized carbons (Fsp3) is 0.438. The van der Waals surface area contributed by atoms with Gasteiger partial charge in [-0.25, -0.2) is 13.2 Å². The van der Waals surface area contributed by atoms with E-state index in [-0.39, 0.29) is 6.54 Å². The van der Waals surface area contributed by atoms with E-state index in [1.807, 2.05) is 0 Å². The molecule has 0 aromatic heterocycles. The van der Waals surface area contributed by atoms with Gasteiger partial charge >= 0.3 is 6.09 Å². The number of amides is 1. The molecule has 0 radical (unpaired) electrons. The van der Waals surface area contributed by atoms with Crippen LogP contribution in [0.4, 0.5) is 4.79 Å². The number of sulfonamides is 1. The number of rotatable bonds is 3. The molecule has 0 spiro atoms. The number of likely N-dealkylation sites (tertiary alicyclic amines) is 1. The number of fused-ring (bicyclic) bond motifs is 1. The highest BCUT2D eigenvalue weighted by molar-refractivity contribution is 7.92. The first-order valence-corrected chi connectivity index (χ1v) is 10.2. The number of hydrogen-bond acceptors (Lipinski definition) is 3. The van der Waals surface area contributed by atoms with Crippen molar-refractivity contribution in [3.63, 3.8) is 0 Å². The molecular formula is C16H18Cl2N2O4S. The summed E-state index contributed by atoms with van der Waals surface area (Å²) in [5, 5.41) is 11.1. The van der Waals surface area contributed by atoms with Crippen LogP contribution in [-0.4, -0.2) is 48.0 Å². The van der Waals surface area contributed by atoms with Crippen LogP contribution in [0.25, 0.3) is 0 Å². The van der Waals surface area contributed by atoms with Gasteiger partial charge in [-0.3, -0.25) is 0 Å². The zero-order valence-electron chi connectivity index (χ0n) is 13.4. The Hall–Kier alpha value is -1.28. The molecule has 1 saturated heterocycles. The van der Waals surface area contributed by atoms with Crippen molar-refractivity contribution >= 4 is 39.3 Å². The first-order chi connectivity index (χ1) is 11.8. The first kappa shape index (κ1) is 18.5. The van der Waals surface area contributed by atoms with Gasteiger partial charge in [0, 0.05) is 25.0 Å². The second-order valence-corrected chi connectivity index (χ2v) is 8.81. The normalized spacial score (nSPS) is 21.7. The monoisotopic (exact) mass is 404 g/mol. The Morgan fingerprint density at radius 1 is 1.20 bits per heavy atom. The van der Waals surface area contributed by atoms with Crippen molar-refractivity contribution in [1.29, 1.82) is 0 Å². The van der Waals surface area contributed by atoms with Gasteiger partial charge in [0.15, 0.2) is 0 Å². The molecule has 0 aliphatic carbocycles. The van der Waals surface area contributed by atoms with E-state index in [9.17, 15) is 13.2 Å². The van der Waals surface area contributed by atoms with Crippen molar-refractivity contribution in [3.8, 4) is 0 Å². The SMILES string of the molecule is O=C(O)N1CCCC1/C=C\S(=O)(=O)N1CCc2cc(Cl)c(Cl)cc2C1.